The summed E-state index contributed by atoms with van der Waals surface area (Å²) >= 11 is 0. The van der Waals surface area contributed by atoms with Gasteiger partial charge in [-0.05, 0) is 54.3 Å². The molecule has 1 unspecified atom stereocenters. The fourth-order valence-corrected chi connectivity index (χ4v) is 3.95. The van der Waals surface area contributed by atoms with Gasteiger partial charge in [0, 0.05) is 43.1 Å². The van der Waals surface area contributed by atoms with Crippen molar-refractivity contribution in [3.05, 3.63) is 114 Å². The minimum absolute atomic E-state index is 0.134. The molecule has 0 radical (unpaired) electrons. The average molecular weight is 445 g/mol. The molecule has 2 N–H and O–H groups in total. The smallest absolute Gasteiger partial charge is 0.203 e. The number of fused-ring (bicyclic) bond motifs is 1. The van der Waals surface area contributed by atoms with Gasteiger partial charge in [-0.1, -0.05) is 62.6 Å². The van der Waals surface area contributed by atoms with Crippen LogP contribution >= 0.6 is 0 Å². The molecule has 2 aromatic carbocycles. The van der Waals surface area contributed by atoms with Gasteiger partial charge in [-0.2, -0.15) is 0 Å². The van der Waals surface area contributed by atoms with E-state index in [9.17, 15) is 4.39 Å². The van der Waals surface area contributed by atoms with Gasteiger partial charge in [0.25, 0.3) is 0 Å². The second-order valence-electron chi connectivity index (χ2n) is 8.42. The molecule has 2 aromatic rings. The topological polar surface area (TPSA) is 39.7 Å². The summed E-state index contributed by atoms with van der Waals surface area (Å²) in [5.41, 5.74) is 7.04. The Kier molecular flexibility index (Phi) is 7.88. The number of aliphatic imine (C=N–C) groups is 1. The minimum Gasteiger partial charge on any atom is -0.384 e. The van der Waals surface area contributed by atoms with Gasteiger partial charge in [0.1, 0.15) is 5.82 Å². The zero-order valence-electron chi connectivity index (χ0n) is 19.8. The van der Waals surface area contributed by atoms with E-state index in [0.717, 1.165) is 41.2 Å². The van der Waals surface area contributed by atoms with Crippen LogP contribution in [0, 0.1) is 18.7 Å². The van der Waals surface area contributed by atoms with E-state index in [1.807, 2.05) is 32.1 Å². The van der Waals surface area contributed by atoms with Crippen LogP contribution in [0.2, 0.25) is 0 Å². The van der Waals surface area contributed by atoms with Crippen LogP contribution in [-0.2, 0) is 19.6 Å². The average Bonchev–Trinajstić information content (AvgIpc) is 3.21. The number of benzene rings is 2. The molecule has 0 bridgehead atoms. The maximum Gasteiger partial charge on any atom is 0.203 e. The molecule has 0 aliphatic carbocycles. The summed E-state index contributed by atoms with van der Waals surface area (Å²) in [6.07, 6.45) is 5.21. The van der Waals surface area contributed by atoms with Crippen LogP contribution < -0.4 is 10.6 Å². The van der Waals surface area contributed by atoms with Gasteiger partial charge in [-0.3, -0.25) is 0 Å². The van der Waals surface area contributed by atoms with E-state index >= 15 is 0 Å². The molecule has 172 valence electrons. The third-order valence-electron chi connectivity index (χ3n) is 5.96. The van der Waals surface area contributed by atoms with Crippen LogP contribution in [0.15, 0.2) is 90.7 Å². The van der Waals surface area contributed by atoms with Crippen molar-refractivity contribution in [1.82, 2.24) is 10.2 Å². The molecule has 0 fully saturated rings. The number of nitrogens with one attached hydrogen (secondary N) is 2. The van der Waals surface area contributed by atoms with Gasteiger partial charge < -0.3 is 15.5 Å². The van der Waals surface area contributed by atoms with Crippen molar-refractivity contribution in [3.63, 3.8) is 0 Å². The first-order valence-corrected chi connectivity index (χ1v) is 11.1. The second-order valence-corrected chi connectivity index (χ2v) is 8.42. The van der Waals surface area contributed by atoms with Crippen molar-refractivity contribution in [1.29, 1.82) is 0 Å². The summed E-state index contributed by atoms with van der Waals surface area (Å²) in [5, 5.41) is 6.92. The Balaban J connectivity index is 1.87. The van der Waals surface area contributed by atoms with Gasteiger partial charge in [0.15, 0.2) is 0 Å². The SMILES string of the molecule is C=C/C=C(/NCc1cc(F)cc(C)c1NC(=NC=C)N1Cc2ccccc2C1)C(C)C(=C)C. The minimum atomic E-state index is -0.271. The molecule has 1 aliphatic rings. The Labute approximate surface area is 196 Å². The second kappa shape index (κ2) is 10.8. The first kappa shape index (κ1) is 24.1. The molecular formula is C28H33FN4. The Morgan fingerprint density at radius 1 is 1.21 bits per heavy atom. The third kappa shape index (κ3) is 5.80. The van der Waals surface area contributed by atoms with Crippen molar-refractivity contribution < 1.29 is 4.39 Å². The van der Waals surface area contributed by atoms with E-state index in [2.05, 4.69) is 59.3 Å². The van der Waals surface area contributed by atoms with E-state index in [0.29, 0.717) is 12.5 Å². The van der Waals surface area contributed by atoms with Crippen molar-refractivity contribution in [2.24, 2.45) is 10.9 Å². The Hall–Kier alpha value is -3.60. The van der Waals surface area contributed by atoms with Gasteiger partial charge >= 0.3 is 0 Å². The monoisotopic (exact) mass is 444 g/mol. The lowest BCUT2D eigenvalue weighted by atomic mass is 9.99. The molecule has 5 heteroatoms. The van der Waals surface area contributed by atoms with Gasteiger partial charge in [-0.25, -0.2) is 9.38 Å². The first-order chi connectivity index (χ1) is 15.8. The quantitative estimate of drug-likeness (QED) is 0.213. The molecule has 1 atom stereocenters. The predicted octanol–water partition coefficient (Wildman–Crippen LogP) is 6.43. The summed E-state index contributed by atoms with van der Waals surface area (Å²) in [5.74, 6) is 0.553. The highest BCUT2D eigenvalue weighted by Crippen LogP contribution is 2.27. The lowest BCUT2D eigenvalue weighted by molar-refractivity contribution is 0.446. The highest BCUT2D eigenvalue weighted by molar-refractivity contribution is 5.95. The van der Waals surface area contributed by atoms with Crippen LogP contribution in [-0.4, -0.2) is 10.9 Å². The molecule has 1 heterocycles. The highest BCUT2D eigenvalue weighted by atomic mass is 19.1. The van der Waals surface area contributed by atoms with E-state index in [4.69, 9.17) is 0 Å². The van der Waals surface area contributed by atoms with Gasteiger partial charge in [-0.15, -0.1) is 0 Å². The number of hydrogen-bond acceptors (Lipinski definition) is 2. The highest BCUT2D eigenvalue weighted by Gasteiger charge is 2.23. The molecule has 33 heavy (non-hydrogen) atoms. The number of halogens is 1. The summed E-state index contributed by atoms with van der Waals surface area (Å²) in [6, 6.07) is 11.5. The Bertz CT molecular complexity index is 1090. The predicted molar refractivity (Wildman–Crippen MR) is 137 cm³/mol. The van der Waals surface area contributed by atoms with Crippen LogP contribution in [0.5, 0.6) is 0 Å². The first-order valence-electron chi connectivity index (χ1n) is 11.1. The van der Waals surface area contributed by atoms with E-state index in [-0.39, 0.29) is 11.7 Å². The lowest BCUT2D eigenvalue weighted by Crippen LogP contribution is -2.33. The van der Waals surface area contributed by atoms with E-state index in [1.165, 1.54) is 23.4 Å². The molecule has 0 saturated carbocycles. The zero-order valence-corrected chi connectivity index (χ0v) is 19.8. The molecule has 0 saturated heterocycles. The maximum absolute atomic E-state index is 14.4. The van der Waals surface area contributed by atoms with Crippen LogP contribution in [0.4, 0.5) is 10.1 Å². The Morgan fingerprint density at radius 2 is 1.88 bits per heavy atom. The van der Waals surface area contributed by atoms with Crippen molar-refractivity contribution >= 4 is 11.6 Å². The zero-order chi connectivity index (χ0) is 24.0. The molecule has 0 spiro atoms. The van der Waals surface area contributed by atoms with E-state index in [1.54, 1.807) is 12.1 Å². The number of guanidine groups is 1. The number of allylic oxidation sites excluding steroid dienone is 3. The number of nitrogens with zero attached hydrogens (tertiary/aromatic N) is 2. The van der Waals surface area contributed by atoms with Crippen molar-refractivity contribution in [2.45, 2.75) is 40.4 Å². The van der Waals surface area contributed by atoms with E-state index < -0.39 is 0 Å². The molecule has 3 rings (SSSR count). The normalized spacial score (nSPS) is 14.5. The summed E-state index contributed by atoms with van der Waals surface area (Å²) in [4.78, 5) is 6.68. The molecular weight excluding hydrogens is 411 g/mol. The standard InChI is InChI=1S/C28H33FN4/c1-7-11-26(21(6)19(3)4)31-16-24-15-25(29)14-20(5)27(24)32-28(30-8-2)33-17-22-12-9-10-13-23(22)18-33/h7-15,21,31H,1-3,16-18H2,4-6H3,(H,30,32)/b26-11+. The van der Waals surface area contributed by atoms with Gasteiger partial charge in [0.05, 0.1) is 0 Å². The summed E-state index contributed by atoms with van der Waals surface area (Å²) < 4.78 is 14.4. The fourth-order valence-electron chi connectivity index (χ4n) is 3.95. The summed E-state index contributed by atoms with van der Waals surface area (Å²) in [6.45, 7) is 19.6. The molecule has 4 nitrogen and oxygen atoms in total. The van der Waals surface area contributed by atoms with Crippen LogP contribution in [0.25, 0.3) is 0 Å². The Morgan fingerprint density at radius 3 is 2.45 bits per heavy atom. The van der Waals surface area contributed by atoms with Crippen molar-refractivity contribution in [3.8, 4) is 0 Å². The largest absolute Gasteiger partial charge is 0.384 e. The molecule has 1 aliphatic heterocycles. The third-order valence-corrected chi connectivity index (χ3v) is 5.96. The molecule has 0 amide bonds. The number of anilines is 1. The van der Waals surface area contributed by atoms with Crippen molar-refractivity contribution in [2.75, 3.05) is 5.32 Å². The fraction of sp³-hybridized carbons (Fsp3) is 0.250. The maximum atomic E-state index is 14.4. The molecule has 0 aromatic heterocycles. The number of aryl methyl sites for hydroxylation is 1. The van der Waals surface area contributed by atoms with Crippen LogP contribution in [0.3, 0.4) is 0 Å². The van der Waals surface area contributed by atoms with Crippen LogP contribution in [0.1, 0.15) is 36.1 Å². The number of hydrogen-bond donors (Lipinski definition) is 2. The van der Waals surface area contributed by atoms with Gasteiger partial charge in [0.2, 0.25) is 5.96 Å². The number of rotatable bonds is 8. The summed E-state index contributed by atoms with van der Waals surface area (Å²) in [7, 11) is 0. The lowest BCUT2D eigenvalue weighted by Gasteiger charge is -2.24.